The van der Waals surface area contributed by atoms with Crippen molar-refractivity contribution in [3.05, 3.63) is 50.1 Å². The molecule has 0 atom stereocenters. The molecule has 1 fully saturated rings. The Morgan fingerprint density at radius 2 is 2.07 bits per heavy atom. The van der Waals surface area contributed by atoms with E-state index in [2.05, 4.69) is 30.2 Å². The number of ether oxygens (including phenoxy) is 1. The van der Waals surface area contributed by atoms with E-state index in [9.17, 15) is 14.7 Å². The van der Waals surface area contributed by atoms with Crippen LogP contribution in [0.25, 0.3) is 21.3 Å². The number of fused-ring (bicyclic) bond motifs is 2. The zero-order chi connectivity index (χ0) is 21.2. The van der Waals surface area contributed by atoms with Crippen LogP contribution in [-0.2, 0) is 12.0 Å². The molecule has 0 spiro atoms. The fourth-order valence-corrected chi connectivity index (χ4v) is 5.90. The van der Waals surface area contributed by atoms with Gasteiger partial charge in [0.15, 0.2) is 5.75 Å². The Bertz CT molecular complexity index is 1250. The second-order valence-corrected chi connectivity index (χ2v) is 9.98. The molecule has 156 valence electrons. The number of aromatic carboxylic acids is 1. The number of rotatable bonds is 4. The van der Waals surface area contributed by atoms with Crippen LogP contribution in [0.2, 0.25) is 0 Å². The molecule has 2 aromatic heterocycles. The maximum atomic E-state index is 12.9. The topological polar surface area (TPSA) is 91.4 Å². The molecule has 1 saturated carbocycles. The van der Waals surface area contributed by atoms with Crippen LogP contribution >= 0.6 is 11.3 Å². The molecular formula is C23H24N2O4S. The number of thiophene rings is 1. The zero-order valence-electron chi connectivity index (χ0n) is 17.2. The van der Waals surface area contributed by atoms with Crippen molar-refractivity contribution in [2.45, 2.75) is 44.6 Å². The van der Waals surface area contributed by atoms with E-state index in [-0.39, 0.29) is 11.0 Å². The molecule has 1 aliphatic heterocycles. The second kappa shape index (κ2) is 6.68. The van der Waals surface area contributed by atoms with E-state index in [1.54, 1.807) is 18.4 Å². The number of nitrogens with one attached hydrogen (secondary N) is 2. The number of methoxy groups -OCH3 is 1. The highest BCUT2D eigenvalue weighted by atomic mass is 32.1. The smallest absolute Gasteiger partial charge is 0.341 e. The molecule has 1 aliphatic carbocycles. The van der Waals surface area contributed by atoms with Crippen molar-refractivity contribution in [3.8, 4) is 16.2 Å². The summed E-state index contributed by atoms with van der Waals surface area (Å²) in [6.45, 7) is 6.29. The van der Waals surface area contributed by atoms with E-state index >= 15 is 0 Å². The van der Waals surface area contributed by atoms with Gasteiger partial charge in [-0.15, -0.1) is 11.3 Å². The van der Waals surface area contributed by atoms with Gasteiger partial charge >= 0.3 is 5.97 Å². The molecule has 0 unspecified atom stereocenters. The zero-order valence-corrected chi connectivity index (χ0v) is 18.0. The summed E-state index contributed by atoms with van der Waals surface area (Å²) in [5.74, 6) is -0.237. The maximum absolute atomic E-state index is 12.9. The van der Waals surface area contributed by atoms with Crippen LogP contribution in [0.15, 0.2) is 23.1 Å². The highest BCUT2D eigenvalue weighted by molar-refractivity contribution is 7.15. The van der Waals surface area contributed by atoms with Crippen molar-refractivity contribution in [2.24, 2.45) is 0 Å². The molecule has 0 amide bonds. The van der Waals surface area contributed by atoms with Gasteiger partial charge in [0.05, 0.1) is 18.0 Å². The average Bonchev–Trinajstić information content (AvgIpc) is 3.45. The average molecular weight is 425 g/mol. The standard InChI is InChI=1S/C23H24N2O4S/c1-23(2)10-24-9-17-15(23)7-16(30-17)18-12(11-4-5-11)6-13-19(21(18)29-3)25-8-14(20(13)26)22(27)28/h6-8,11,24H,4-5,9-10H2,1-3H3,(H,25,26)(H,27,28). The van der Waals surface area contributed by atoms with Crippen molar-refractivity contribution in [2.75, 3.05) is 13.7 Å². The molecule has 0 saturated heterocycles. The molecule has 0 radical (unpaired) electrons. The first-order valence-corrected chi connectivity index (χ1v) is 11.0. The van der Waals surface area contributed by atoms with Crippen LogP contribution in [0, 0.1) is 0 Å². The summed E-state index contributed by atoms with van der Waals surface area (Å²) >= 11 is 1.77. The first-order chi connectivity index (χ1) is 14.3. The van der Waals surface area contributed by atoms with Gasteiger partial charge in [-0.05, 0) is 42.0 Å². The molecule has 30 heavy (non-hydrogen) atoms. The first-order valence-electron chi connectivity index (χ1n) is 10.2. The first kappa shape index (κ1) is 19.3. The predicted molar refractivity (Wildman–Crippen MR) is 118 cm³/mol. The van der Waals surface area contributed by atoms with E-state index in [0.29, 0.717) is 22.6 Å². The normalized spacial score (nSPS) is 17.7. The molecule has 6 nitrogen and oxygen atoms in total. The number of carbonyl (C=O) groups is 1. The number of H-pyrrole nitrogens is 1. The number of aromatic nitrogens is 1. The number of hydrogen-bond acceptors (Lipinski definition) is 5. The van der Waals surface area contributed by atoms with Gasteiger partial charge in [0.1, 0.15) is 5.56 Å². The number of pyridine rings is 1. The third kappa shape index (κ3) is 2.87. The minimum Gasteiger partial charge on any atom is -0.494 e. The van der Waals surface area contributed by atoms with Crippen molar-refractivity contribution >= 4 is 28.2 Å². The third-order valence-corrected chi connectivity index (χ3v) is 7.40. The highest BCUT2D eigenvalue weighted by Crippen LogP contribution is 2.52. The van der Waals surface area contributed by atoms with Gasteiger partial charge in [-0.25, -0.2) is 4.79 Å². The summed E-state index contributed by atoms with van der Waals surface area (Å²) in [4.78, 5) is 29.8. The lowest BCUT2D eigenvalue weighted by molar-refractivity contribution is 0.0695. The Balaban J connectivity index is 1.82. The quantitative estimate of drug-likeness (QED) is 0.583. The van der Waals surface area contributed by atoms with Gasteiger partial charge in [0.2, 0.25) is 5.43 Å². The van der Waals surface area contributed by atoms with Crippen LogP contribution in [-0.4, -0.2) is 29.7 Å². The molecule has 7 heteroatoms. The summed E-state index contributed by atoms with van der Waals surface area (Å²) in [6, 6.07) is 4.17. The fourth-order valence-electron chi connectivity index (χ4n) is 4.53. The predicted octanol–water partition coefficient (Wildman–Crippen LogP) is 4.22. The van der Waals surface area contributed by atoms with Gasteiger partial charge < -0.3 is 20.1 Å². The second-order valence-electron chi connectivity index (χ2n) is 8.84. The van der Waals surface area contributed by atoms with E-state index in [1.165, 1.54) is 16.6 Å². The Morgan fingerprint density at radius 3 is 2.70 bits per heavy atom. The van der Waals surface area contributed by atoms with E-state index in [0.717, 1.165) is 41.9 Å². The molecule has 3 heterocycles. The molecule has 3 N–H and O–H groups in total. The Morgan fingerprint density at radius 1 is 1.30 bits per heavy atom. The van der Waals surface area contributed by atoms with Gasteiger partial charge in [0.25, 0.3) is 0 Å². The van der Waals surface area contributed by atoms with Crippen LogP contribution in [0.5, 0.6) is 5.75 Å². The fraction of sp³-hybridized carbons (Fsp3) is 0.391. The van der Waals surface area contributed by atoms with Crippen molar-refractivity contribution in [1.82, 2.24) is 10.3 Å². The lowest BCUT2D eigenvalue weighted by atomic mass is 9.82. The summed E-state index contributed by atoms with van der Waals surface area (Å²) in [7, 11) is 1.61. The van der Waals surface area contributed by atoms with Gasteiger partial charge in [-0.1, -0.05) is 13.8 Å². The Labute approximate surface area is 177 Å². The summed E-state index contributed by atoms with van der Waals surface area (Å²) in [6.07, 6.45) is 3.40. The van der Waals surface area contributed by atoms with E-state index < -0.39 is 11.4 Å². The highest BCUT2D eigenvalue weighted by Gasteiger charge is 2.34. The lowest BCUT2D eigenvalue weighted by Gasteiger charge is -2.30. The van der Waals surface area contributed by atoms with Crippen molar-refractivity contribution in [1.29, 1.82) is 0 Å². The van der Waals surface area contributed by atoms with E-state index in [1.807, 2.05) is 6.07 Å². The molecule has 3 aromatic rings. The number of carboxylic acids is 1. The summed E-state index contributed by atoms with van der Waals surface area (Å²) in [5.41, 5.74) is 3.35. The molecule has 0 bridgehead atoms. The van der Waals surface area contributed by atoms with Gasteiger partial charge in [-0.2, -0.15) is 0 Å². The molecule has 1 aromatic carbocycles. The van der Waals surface area contributed by atoms with Crippen LogP contribution in [0.4, 0.5) is 0 Å². The largest absolute Gasteiger partial charge is 0.494 e. The minimum absolute atomic E-state index is 0.0524. The van der Waals surface area contributed by atoms with Crippen LogP contribution in [0.3, 0.4) is 0 Å². The lowest BCUT2D eigenvalue weighted by Crippen LogP contribution is -2.37. The summed E-state index contributed by atoms with van der Waals surface area (Å²) in [5, 5.41) is 13.2. The van der Waals surface area contributed by atoms with Crippen molar-refractivity contribution in [3.63, 3.8) is 0 Å². The molecular weight excluding hydrogens is 400 g/mol. The van der Waals surface area contributed by atoms with Crippen LogP contribution < -0.4 is 15.5 Å². The van der Waals surface area contributed by atoms with Gasteiger partial charge in [-0.3, -0.25) is 4.79 Å². The molecule has 2 aliphatic rings. The Hall–Kier alpha value is -2.64. The van der Waals surface area contributed by atoms with E-state index in [4.69, 9.17) is 4.74 Å². The maximum Gasteiger partial charge on any atom is 0.341 e. The number of hydrogen-bond donors (Lipinski definition) is 3. The number of carboxylic acid groups (broad SMARTS) is 1. The Kier molecular flexibility index (Phi) is 4.31. The summed E-state index contributed by atoms with van der Waals surface area (Å²) < 4.78 is 5.84. The number of benzene rings is 1. The third-order valence-electron chi connectivity index (χ3n) is 6.25. The minimum atomic E-state index is -1.23. The van der Waals surface area contributed by atoms with Crippen LogP contribution in [0.1, 0.15) is 59.0 Å². The van der Waals surface area contributed by atoms with Gasteiger partial charge in [0, 0.05) is 40.0 Å². The SMILES string of the molecule is COc1c(-c2cc3c(s2)CNCC3(C)C)c(C2CC2)cc2c(=O)c(C(=O)O)c[nH]c12. The number of aromatic amines is 1. The molecule has 5 rings (SSSR count). The van der Waals surface area contributed by atoms with Crippen molar-refractivity contribution < 1.29 is 14.6 Å². The monoisotopic (exact) mass is 424 g/mol.